The average Bonchev–Trinajstić information content (AvgIpc) is 3.49. The van der Waals surface area contributed by atoms with Crippen LogP contribution in [0.25, 0.3) is 0 Å². The lowest BCUT2D eigenvalue weighted by Crippen LogP contribution is -2.60. The van der Waals surface area contributed by atoms with Crippen molar-refractivity contribution < 1.29 is 20.1 Å². The van der Waals surface area contributed by atoms with Gasteiger partial charge in [-0.3, -0.25) is 0 Å². The van der Waals surface area contributed by atoms with E-state index in [1.54, 1.807) is 25.2 Å². The van der Waals surface area contributed by atoms with Crippen molar-refractivity contribution in [2.24, 2.45) is 34.5 Å². The minimum atomic E-state index is -1.14. The van der Waals surface area contributed by atoms with Gasteiger partial charge in [-0.05, 0) is 110 Å². The van der Waals surface area contributed by atoms with Crippen molar-refractivity contribution in [2.45, 2.75) is 131 Å². The highest BCUT2D eigenvalue weighted by Gasteiger charge is 2.63. The fourth-order valence-corrected chi connectivity index (χ4v) is 8.32. The number of aliphatic hydroxyl groups is 3. The number of aliphatic hydroxyl groups excluding tert-OH is 2. The SMILES string of the molecule is CC.CC.CC(C)(O)OC1CC2CC(O)CCC2(C)C2CCC3(C)C(O)CCC3C12.c1ccsc1. The van der Waals surface area contributed by atoms with Crippen LogP contribution in [-0.4, -0.2) is 39.4 Å². The van der Waals surface area contributed by atoms with Crippen molar-refractivity contribution in [3.63, 3.8) is 0 Å². The molecule has 4 nitrogen and oxygen atoms in total. The highest BCUT2D eigenvalue weighted by molar-refractivity contribution is 7.07. The maximum Gasteiger partial charge on any atom is 0.160 e. The van der Waals surface area contributed by atoms with Crippen LogP contribution in [0.15, 0.2) is 22.9 Å². The fraction of sp³-hybridized carbons (Fsp3) is 0.867. The van der Waals surface area contributed by atoms with Gasteiger partial charge in [0.25, 0.3) is 0 Å². The third-order valence-corrected chi connectivity index (χ3v) is 10.1. The van der Waals surface area contributed by atoms with Crippen LogP contribution in [0.4, 0.5) is 0 Å². The molecule has 0 amide bonds. The van der Waals surface area contributed by atoms with Gasteiger partial charge < -0.3 is 20.1 Å². The lowest BCUT2D eigenvalue weighted by atomic mass is 9.44. The van der Waals surface area contributed by atoms with Gasteiger partial charge in [0.15, 0.2) is 5.79 Å². The molecule has 4 fully saturated rings. The molecule has 4 aliphatic carbocycles. The summed E-state index contributed by atoms with van der Waals surface area (Å²) in [7, 11) is 0. The molecule has 0 spiro atoms. The molecule has 0 aromatic carbocycles. The van der Waals surface area contributed by atoms with Crippen LogP contribution in [0, 0.1) is 34.5 Å². The summed E-state index contributed by atoms with van der Waals surface area (Å²) in [6.07, 6.45) is 7.68. The Morgan fingerprint density at radius 2 is 1.40 bits per heavy atom. The van der Waals surface area contributed by atoms with Gasteiger partial charge in [-0.1, -0.05) is 53.7 Å². The molecule has 0 radical (unpaired) electrons. The summed E-state index contributed by atoms with van der Waals surface area (Å²) in [5.74, 6) is 0.795. The Bertz CT molecular complexity index is 699. The summed E-state index contributed by atoms with van der Waals surface area (Å²) in [5.41, 5.74) is 0.262. The predicted octanol–water partition coefficient (Wildman–Crippen LogP) is 7.27. The Morgan fingerprint density at radius 3 is 1.94 bits per heavy atom. The maximum atomic E-state index is 10.7. The summed E-state index contributed by atoms with van der Waals surface area (Å²) in [6.45, 7) is 16.2. The van der Waals surface area contributed by atoms with E-state index in [1.807, 2.05) is 50.6 Å². The van der Waals surface area contributed by atoms with Crippen LogP contribution in [0.2, 0.25) is 0 Å². The van der Waals surface area contributed by atoms with Gasteiger partial charge in [0, 0.05) is 0 Å². The van der Waals surface area contributed by atoms with Gasteiger partial charge in [-0.2, -0.15) is 11.3 Å². The van der Waals surface area contributed by atoms with Gasteiger partial charge in [0.05, 0.1) is 18.3 Å². The lowest BCUT2D eigenvalue weighted by Gasteiger charge is -2.63. The first kappa shape index (κ1) is 30.8. The average molecular weight is 511 g/mol. The van der Waals surface area contributed by atoms with E-state index in [4.69, 9.17) is 4.74 Å². The minimum Gasteiger partial charge on any atom is -0.393 e. The molecule has 3 N–H and O–H groups in total. The van der Waals surface area contributed by atoms with E-state index >= 15 is 0 Å². The van der Waals surface area contributed by atoms with E-state index in [2.05, 4.69) is 13.8 Å². The van der Waals surface area contributed by atoms with Crippen molar-refractivity contribution in [1.29, 1.82) is 0 Å². The Balaban J connectivity index is 0.000000414. The smallest absolute Gasteiger partial charge is 0.160 e. The molecule has 0 aliphatic heterocycles. The van der Waals surface area contributed by atoms with E-state index in [9.17, 15) is 15.3 Å². The summed E-state index contributed by atoms with van der Waals surface area (Å²) in [6, 6.07) is 4.04. The molecule has 4 aliphatic rings. The third-order valence-electron chi connectivity index (χ3n) is 9.45. The molecule has 5 heteroatoms. The Hall–Kier alpha value is -0.460. The van der Waals surface area contributed by atoms with E-state index < -0.39 is 5.79 Å². The van der Waals surface area contributed by atoms with E-state index in [1.165, 1.54) is 0 Å². The molecule has 1 aromatic rings. The molecule has 5 rings (SSSR count). The second-order valence-electron chi connectivity index (χ2n) is 11.7. The highest BCUT2D eigenvalue weighted by Crippen LogP contribution is 2.66. The van der Waals surface area contributed by atoms with Gasteiger partial charge in [-0.25, -0.2) is 0 Å². The quantitative estimate of drug-likeness (QED) is 0.366. The lowest BCUT2D eigenvalue weighted by molar-refractivity contribution is -0.266. The second kappa shape index (κ2) is 12.9. The van der Waals surface area contributed by atoms with Crippen LogP contribution >= 0.6 is 11.3 Å². The second-order valence-corrected chi connectivity index (χ2v) is 12.5. The van der Waals surface area contributed by atoms with Gasteiger partial charge in [-0.15, -0.1) is 0 Å². The number of ether oxygens (including phenoxy) is 1. The molecular weight excluding hydrogens is 456 g/mol. The normalized spacial score (nSPS) is 41.9. The van der Waals surface area contributed by atoms with E-state index in [0.717, 1.165) is 51.4 Å². The molecule has 1 heterocycles. The van der Waals surface area contributed by atoms with Crippen molar-refractivity contribution >= 4 is 11.3 Å². The molecule has 35 heavy (non-hydrogen) atoms. The van der Waals surface area contributed by atoms with Crippen molar-refractivity contribution in [2.75, 3.05) is 0 Å². The van der Waals surface area contributed by atoms with Gasteiger partial charge >= 0.3 is 0 Å². The van der Waals surface area contributed by atoms with E-state index in [0.29, 0.717) is 23.7 Å². The van der Waals surface area contributed by atoms with Crippen molar-refractivity contribution in [3.8, 4) is 0 Å². The molecule has 9 unspecified atom stereocenters. The zero-order chi connectivity index (χ0) is 26.4. The molecule has 1 aromatic heterocycles. The van der Waals surface area contributed by atoms with Gasteiger partial charge in [0.1, 0.15) is 0 Å². The highest BCUT2D eigenvalue weighted by atomic mass is 32.1. The largest absolute Gasteiger partial charge is 0.393 e. The maximum absolute atomic E-state index is 10.7. The zero-order valence-electron chi connectivity index (χ0n) is 23.7. The zero-order valence-corrected chi connectivity index (χ0v) is 24.5. The summed E-state index contributed by atoms with van der Waals surface area (Å²) < 4.78 is 6.26. The van der Waals surface area contributed by atoms with Crippen LogP contribution < -0.4 is 0 Å². The Morgan fingerprint density at radius 1 is 0.829 bits per heavy atom. The Labute approximate surface area is 219 Å². The monoisotopic (exact) mass is 510 g/mol. The fourth-order valence-electron chi connectivity index (χ4n) is 7.87. The van der Waals surface area contributed by atoms with Crippen LogP contribution in [0.5, 0.6) is 0 Å². The summed E-state index contributed by atoms with van der Waals surface area (Å²) in [4.78, 5) is 0. The van der Waals surface area contributed by atoms with Crippen LogP contribution in [-0.2, 0) is 4.74 Å². The number of rotatable bonds is 2. The molecule has 9 atom stereocenters. The van der Waals surface area contributed by atoms with Crippen molar-refractivity contribution in [1.82, 2.24) is 0 Å². The number of hydrogen-bond acceptors (Lipinski definition) is 5. The molecular formula is C30H54O4S. The third kappa shape index (κ3) is 6.71. The molecule has 0 saturated heterocycles. The standard InChI is InChI=1S/C22H38O4.C4H4S.2C2H6/c1-20(2,25)26-17-12-13-11-14(23)7-9-21(13,3)16-8-10-22(4)15(19(16)17)5-6-18(22)24;1-2-4-5-3-1;2*1-2/h13-19,23-25H,5-12H2,1-4H3;1-4H;2*1-2H3. The number of thiophene rings is 1. The Kier molecular flexibility index (Phi) is 11.3. The van der Waals surface area contributed by atoms with Crippen LogP contribution in [0.3, 0.4) is 0 Å². The molecule has 4 saturated carbocycles. The summed E-state index contributed by atoms with van der Waals surface area (Å²) in [5, 5.41) is 35.5. The topological polar surface area (TPSA) is 69.9 Å². The van der Waals surface area contributed by atoms with Gasteiger partial charge in [0.2, 0.25) is 0 Å². The first-order valence-corrected chi connectivity index (χ1v) is 15.2. The molecule has 204 valence electrons. The first-order chi connectivity index (χ1) is 16.5. The molecule has 0 bridgehead atoms. The summed E-state index contributed by atoms with van der Waals surface area (Å²) >= 11 is 1.71. The first-order valence-electron chi connectivity index (χ1n) is 14.3. The predicted molar refractivity (Wildman–Crippen MR) is 147 cm³/mol. The minimum absolute atomic E-state index is 0.000245. The number of hydrogen-bond donors (Lipinski definition) is 3. The number of fused-ring (bicyclic) bond motifs is 5. The van der Waals surface area contributed by atoms with Crippen LogP contribution in [0.1, 0.15) is 107 Å². The van der Waals surface area contributed by atoms with E-state index in [-0.39, 0.29) is 29.1 Å². The van der Waals surface area contributed by atoms with Crippen molar-refractivity contribution in [3.05, 3.63) is 22.9 Å².